The number of aryl methyl sites for hydroxylation is 3. The molecule has 0 bridgehead atoms. The molecule has 0 aliphatic carbocycles. The minimum Gasteiger partial charge on any atom is -0.338 e. The van der Waals surface area contributed by atoms with E-state index < -0.39 is 0 Å². The summed E-state index contributed by atoms with van der Waals surface area (Å²) in [6.07, 6.45) is 1.53. The van der Waals surface area contributed by atoms with Gasteiger partial charge in [0.05, 0.1) is 5.69 Å². The van der Waals surface area contributed by atoms with Crippen molar-refractivity contribution >= 4 is 28.3 Å². The molecule has 2 aromatic carbocycles. The van der Waals surface area contributed by atoms with Crippen LogP contribution in [0.2, 0.25) is 0 Å². The first kappa shape index (κ1) is 20.3. The minimum atomic E-state index is -0.192. The minimum absolute atomic E-state index is 0.182. The van der Waals surface area contributed by atoms with Gasteiger partial charge in [-0.3, -0.25) is 14.9 Å². The van der Waals surface area contributed by atoms with Crippen LogP contribution in [0.15, 0.2) is 41.8 Å². The Balaban J connectivity index is 1.49. The van der Waals surface area contributed by atoms with Gasteiger partial charge >= 0.3 is 0 Å². The number of anilines is 1. The van der Waals surface area contributed by atoms with Crippen LogP contribution in [0.5, 0.6) is 0 Å². The summed E-state index contributed by atoms with van der Waals surface area (Å²) in [7, 11) is 0. The molecule has 2 amide bonds. The summed E-state index contributed by atoms with van der Waals surface area (Å²) in [6, 6.07) is 11.7. The van der Waals surface area contributed by atoms with Crippen LogP contribution in [0.25, 0.3) is 11.3 Å². The first-order chi connectivity index (χ1) is 14.4. The zero-order chi connectivity index (χ0) is 21.3. The Bertz CT molecular complexity index is 1100. The summed E-state index contributed by atoms with van der Waals surface area (Å²) in [5.41, 5.74) is 7.12. The Morgan fingerprint density at radius 3 is 2.63 bits per heavy atom. The Morgan fingerprint density at radius 2 is 1.93 bits per heavy atom. The fourth-order valence-electron chi connectivity index (χ4n) is 4.10. The Hall–Kier alpha value is -2.99. The standard InChI is InChI=1S/C24H25N3O2S/c1-15-10-16(2)22(17(3)11-15)20-14-30-24(25-20)26-23(29)19-7-4-6-18(12-19)13-27-9-5-8-21(27)28/h4,6-7,10-12,14H,5,8-9,13H2,1-3H3,(H,25,26,29). The number of amides is 2. The average Bonchev–Trinajstić information content (AvgIpc) is 3.30. The largest absolute Gasteiger partial charge is 0.338 e. The van der Waals surface area contributed by atoms with Gasteiger partial charge in [0.1, 0.15) is 0 Å². The molecular weight excluding hydrogens is 394 g/mol. The molecule has 1 aliphatic heterocycles. The van der Waals surface area contributed by atoms with Crippen molar-refractivity contribution < 1.29 is 9.59 Å². The first-order valence-corrected chi connectivity index (χ1v) is 11.0. The monoisotopic (exact) mass is 419 g/mol. The van der Waals surface area contributed by atoms with Gasteiger partial charge in [-0.05, 0) is 56.0 Å². The van der Waals surface area contributed by atoms with E-state index in [0.717, 1.165) is 29.8 Å². The van der Waals surface area contributed by atoms with Gasteiger partial charge in [0.2, 0.25) is 5.91 Å². The number of likely N-dealkylation sites (tertiary alicyclic amines) is 1. The number of benzene rings is 2. The van der Waals surface area contributed by atoms with Crippen molar-refractivity contribution in [2.75, 3.05) is 11.9 Å². The molecule has 3 aromatic rings. The van der Waals surface area contributed by atoms with Gasteiger partial charge in [0, 0.05) is 36.0 Å². The summed E-state index contributed by atoms with van der Waals surface area (Å²) in [4.78, 5) is 31.1. The van der Waals surface area contributed by atoms with Crippen molar-refractivity contribution in [3.05, 3.63) is 69.6 Å². The molecule has 4 rings (SSSR count). The van der Waals surface area contributed by atoms with E-state index in [1.165, 1.54) is 28.0 Å². The van der Waals surface area contributed by atoms with E-state index in [1.807, 2.05) is 28.5 Å². The maximum absolute atomic E-state index is 12.8. The number of hydrogen-bond acceptors (Lipinski definition) is 4. The van der Waals surface area contributed by atoms with E-state index in [2.05, 4.69) is 43.2 Å². The second-order valence-corrected chi connectivity index (χ2v) is 8.74. The quantitative estimate of drug-likeness (QED) is 0.625. The molecule has 30 heavy (non-hydrogen) atoms. The van der Waals surface area contributed by atoms with Crippen LogP contribution in [0, 0.1) is 20.8 Å². The summed E-state index contributed by atoms with van der Waals surface area (Å²) < 4.78 is 0. The molecule has 1 aliphatic rings. The van der Waals surface area contributed by atoms with Gasteiger partial charge in [0.25, 0.3) is 5.91 Å². The van der Waals surface area contributed by atoms with E-state index in [4.69, 9.17) is 0 Å². The molecule has 0 unspecified atom stereocenters. The number of thiazole rings is 1. The van der Waals surface area contributed by atoms with Crippen LogP contribution < -0.4 is 5.32 Å². The molecule has 0 saturated carbocycles. The Morgan fingerprint density at radius 1 is 1.17 bits per heavy atom. The van der Waals surface area contributed by atoms with Crippen molar-refractivity contribution in [2.45, 2.75) is 40.2 Å². The van der Waals surface area contributed by atoms with Gasteiger partial charge in [-0.1, -0.05) is 29.8 Å². The molecule has 1 fully saturated rings. The summed E-state index contributed by atoms with van der Waals surface area (Å²) >= 11 is 1.42. The van der Waals surface area contributed by atoms with Crippen LogP contribution >= 0.6 is 11.3 Å². The highest BCUT2D eigenvalue weighted by molar-refractivity contribution is 7.14. The number of carbonyl (C=O) groups excluding carboxylic acids is 2. The second kappa shape index (κ2) is 8.40. The zero-order valence-corrected chi connectivity index (χ0v) is 18.3. The molecule has 1 N–H and O–H groups in total. The lowest BCUT2D eigenvalue weighted by atomic mass is 9.98. The smallest absolute Gasteiger partial charge is 0.257 e. The van der Waals surface area contributed by atoms with Crippen LogP contribution in [-0.4, -0.2) is 28.2 Å². The van der Waals surface area contributed by atoms with Crippen LogP contribution in [0.1, 0.15) is 45.5 Å². The molecule has 2 heterocycles. The number of nitrogens with zero attached hydrogens (tertiary/aromatic N) is 2. The van der Waals surface area contributed by atoms with Gasteiger partial charge in [-0.15, -0.1) is 11.3 Å². The van der Waals surface area contributed by atoms with Crippen molar-refractivity contribution in [2.24, 2.45) is 0 Å². The Labute approximate surface area is 180 Å². The number of aromatic nitrogens is 1. The SMILES string of the molecule is Cc1cc(C)c(-c2csc(NC(=O)c3cccc(CN4CCCC4=O)c3)n2)c(C)c1. The fourth-order valence-corrected chi connectivity index (χ4v) is 4.80. The van der Waals surface area contributed by atoms with E-state index in [9.17, 15) is 9.59 Å². The molecule has 0 radical (unpaired) electrons. The first-order valence-electron chi connectivity index (χ1n) is 10.1. The van der Waals surface area contributed by atoms with Crippen LogP contribution in [0.4, 0.5) is 5.13 Å². The number of carbonyl (C=O) groups is 2. The zero-order valence-electron chi connectivity index (χ0n) is 17.5. The molecule has 6 heteroatoms. The molecule has 5 nitrogen and oxygen atoms in total. The van der Waals surface area contributed by atoms with Crippen molar-refractivity contribution in [1.82, 2.24) is 9.88 Å². The maximum atomic E-state index is 12.8. The van der Waals surface area contributed by atoms with Crippen molar-refractivity contribution in [3.63, 3.8) is 0 Å². The molecule has 1 aromatic heterocycles. The lowest BCUT2D eigenvalue weighted by Gasteiger charge is -2.15. The third-order valence-electron chi connectivity index (χ3n) is 5.39. The third kappa shape index (κ3) is 4.28. The van der Waals surface area contributed by atoms with E-state index >= 15 is 0 Å². The van der Waals surface area contributed by atoms with Gasteiger partial charge < -0.3 is 4.90 Å². The highest BCUT2D eigenvalue weighted by Gasteiger charge is 2.20. The predicted octanol–water partition coefficient (Wildman–Crippen LogP) is 5.11. The summed E-state index contributed by atoms with van der Waals surface area (Å²) in [5.74, 6) is -0.00953. The molecule has 0 spiro atoms. The van der Waals surface area contributed by atoms with Crippen LogP contribution in [0.3, 0.4) is 0 Å². The molecule has 0 atom stereocenters. The van der Waals surface area contributed by atoms with Crippen LogP contribution in [-0.2, 0) is 11.3 Å². The summed E-state index contributed by atoms with van der Waals surface area (Å²) in [6.45, 7) is 7.60. The van der Waals surface area contributed by atoms with Crippen molar-refractivity contribution in [3.8, 4) is 11.3 Å². The lowest BCUT2D eigenvalue weighted by molar-refractivity contribution is -0.128. The number of rotatable bonds is 5. The van der Waals surface area contributed by atoms with E-state index in [-0.39, 0.29) is 11.8 Å². The van der Waals surface area contributed by atoms with Gasteiger partial charge in [-0.25, -0.2) is 4.98 Å². The van der Waals surface area contributed by atoms with Gasteiger partial charge in [0.15, 0.2) is 5.13 Å². The normalized spacial score (nSPS) is 13.7. The van der Waals surface area contributed by atoms with Crippen molar-refractivity contribution in [1.29, 1.82) is 0 Å². The Kier molecular flexibility index (Phi) is 5.68. The maximum Gasteiger partial charge on any atom is 0.257 e. The third-order valence-corrected chi connectivity index (χ3v) is 6.15. The topological polar surface area (TPSA) is 62.3 Å². The molecule has 1 saturated heterocycles. The van der Waals surface area contributed by atoms with E-state index in [0.29, 0.717) is 23.7 Å². The summed E-state index contributed by atoms with van der Waals surface area (Å²) in [5, 5.41) is 5.48. The molecular formula is C24H25N3O2S. The fraction of sp³-hybridized carbons (Fsp3) is 0.292. The lowest BCUT2D eigenvalue weighted by Crippen LogP contribution is -2.24. The highest BCUT2D eigenvalue weighted by Crippen LogP contribution is 2.31. The predicted molar refractivity (Wildman–Crippen MR) is 121 cm³/mol. The van der Waals surface area contributed by atoms with Gasteiger partial charge in [-0.2, -0.15) is 0 Å². The number of nitrogens with one attached hydrogen (secondary N) is 1. The highest BCUT2D eigenvalue weighted by atomic mass is 32.1. The second-order valence-electron chi connectivity index (χ2n) is 7.88. The van der Waals surface area contributed by atoms with E-state index in [1.54, 1.807) is 6.07 Å². The number of hydrogen-bond donors (Lipinski definition) is 1. The average molecular weight is 420 g/mol. The molecule has 154 valence electrons.